The molecule has 0 spiro atoms. The third-order valence-corrected chi connectivity index (χ3v) is 4.45. The average Bonchev–Trinajstić information content (AvgIpc) is 3.17. The molecule has 4 aromatic rings. The van der Waals surface area contributed by atoms with Crippen LogP contribution in [0.2, 0.25) is 10.2 Å². The van der Waals surface area contributed by atoms with Crippen molar-refractivity contribution in [2.45, 2.75) is 6.92 Å². The number of halogens is 2. The number of nitrogens with zero attached hydrogens (tertiary/aromatic N) is 4. The van der Waals surface area contributed by atoms with Crippen molar-refractivity contribution in [3.05, 3.63) is 70.0 Å². The Bertz CT molecular complexity index is 1080. The smallest absolute Gasteiger partial charge is 0.222 e. The molecule has 26 heavy (non-hydrogen) atoms. The second-order valence-corrected chi connectivity index (χ2v) is 6.45. The summed E-state index contributed by atoms with van der Waals surface area (Å²) in [5.74, 6) is 0.554. The number of imidazole rings is 1. The Morgan fingerprint density at radius 1 is 1.15 bits per heavy atom. The second-order valence-electron chi connectivity index (χ2n) is 5.65. The summed E-state index contributed by atoms with van der Waals surface area (Å²) in [5.41, 5.74) is 6.95. The first kappa shape index (κ1) is 16.6. The number of anilines is 1. The number of hydrazone groups is 1. The lowest BCUT2D eigenvalue weighted by Crippen LogP contribution is -1.96. The number of aromatic amines is 1. The van der Waals surface area contributed by atoms with Gasteiger partial charge in [0, 0.05) is 5.02 Å². The monoisotopic (exact) mass is 384 g/mol. The minimum Gasteiger partial charge on any atom is -0.323 e. The lowest BCUT2D eigenvalue weighted by atomic mass is 10.3. The van der Waals surface area contributed by atoms with Crippen LogP contribution >= 0.6 is 23.2 Å². The SMILES string of the molecule is Cc1nn(-c2cccc(Cl)c2)c(Cl)c1C=NNc1nc2ccccc2[nH]1. The number of H-pyrrole nitrogens is 1. The van der Waals surface area contributed by atoms with Gasteiger partial charge in [0.05, 0.1) is 34.2 Å². The molecule has 8 heteroatoms. The van der Waals surface area contributed by atoms with E-state index in [0.29, 0.717) is 16.1 Å². The molecule has 2 N–H and O–H groups in total. The fraction of sp³-hybridized carbons (Fsp3) is 0.0556. The third-order valence-electron chi connectivity index (χ3n) is 3.85. The molecule has 2 heterocycles. The Morgan fingerprint density at radius 2 is 2.00 bits per heavy atom. The summed E-state index contributed by atoms with van der Waals surface area (Å²) in [6.07, 6.45) is 1.62. The minimum atomic E-state index is 0.458. The summed E-state index contributed by atoms with van der Waals surface area (Å²) in [7, 11) is 0. The summed E-state index contributed by atoms with van der Waals surface area (Å²) < 4.78 is 1.63. The van der Waals surface area contributed by atoms with Crippen molar-refractivity contribution in [3.63, 3.8) is 0 Å². The lowest BCUT2D eigenvalue weighted by Gasteiger charge is -2.03. The summed E-state index contributed by atoms with van der Waals surface area (Å²) in [4.78, 5) is 7.55. The van der Waals surface area contributed by atoms with Gasteiger partial charge < -0.3 is 4.98 Å². The quantitative estimate of drug-likeness (QED) is 0.391. The van der Waals surface area contributed by atoms with Crippen LogP contribution in [0.1, 0.15) is 11.3 Å². The Kier molecular flexibility index (Phi) is 4.36. The molecule has 0 atom stereocenters. The first-order chi connectivity index (χ1) is 12.6. The number of nitrogens with one attached hydrogen (secondary N) is 2. The highest BCUT2D eigenvalue weighted by molar-refractivity contribution is 6.32. The topological polar surface area (TPSA) is 70.9 Å². The number of hydrogen-bond donors (Lipinski definition) is 2. The zero-order valence-electron chi connectivity index (χ0n) is 13.7. The van der Waals surface area contributed by atoms with Gasteiger partial charge in [0.25, 0.3) is 0 Å². The van der Waals surface area contributed by atoms with E-state index < -0.39 is 0 Å². The van der Waals surface area contributed by atoms with E-state index in [1.165, 1.54) is 0 Å². The lowest BCUT2D eigenvalue weighted by molar-refractivity contribution is 0.863. The maximum atomic E-state index is 6.48. The van der Waals surface area contributed by atoms with Gasteiger partial charge in [-0.15, -0.1) is 0 Å². The Balaban J connectivity index is 1.59. The second kappa shape index (κ2) is 6.82. The molecule has 6 nitrogen and oxygen atoms in total. The zero-order valence-corrected chi connectivity index (χ0v) is 15.3. The number of aryl methyl sites for hydroxylation is 1. The molecule has 0 aliphatic carbocycles. The minimum absolute atomic E-state index is 0.458. The van der Waals surface area contributed by atoms with Crippen molar-refractivity contribution >= 4 is 46.4 Å². The summed E-state index contributed by atoms with van der Waals surface area (Å²) in [6, 6.07) is 15.1. The van der Waals surface area contributed by atoms with Crippen LogP contribution in [0.25, 0.3) is 16.7 Å². The predicted molar refractivity (Wildman–Crippen MR) is 106 cm³/mol. The highest BCUT2D eigenvalue weighted by Crippen LogP contribution is 2.24. The number of fused-ring (bicyclic) bond motifs is 1. The van der Waals surface area contributed by atoms with Crippen LogP contribution in [0.3, 0.4) is 0 Å². The molecule has 0 unspecified atom stereocenters. The van der Waals surface area contributed by atoms with E-state index >= 15 is 0 Å². The van der Waals surface area contributed by atoms with Crippen molar-refractivity contribution in [2.75, 3.05) is 5.43 Å². The molecule has 4 rings (SSSR count). The number of aromatic nitrogens is 4. The molecular weight excluding hydrogens is 371 g/mol. The Morgan fingerprint density at radius 3 is 2.81 bits per heavy atom. The number of benzene rings is 2. The summed E-state index contributed by atoms with van der Waals surface area (Å²) in [6.45, 7) is 1.87. The molecule has 0 aliphatic rings. The van der Waals surface area contributed by atoms with E-state index in [9.17, 15) is 0 Å². The van der Waals surface area contributed by atoms with Gasteiger partial charge in [-0.05, 0) is 37.3 Å². The van der Waals surface area contributed by atoms with Crippen LogP contribution in [0.15, 0.2) is 53.6 Å². The molecule has 2 aromatic carbocycles. The van der Waals surface area contributed by atoms with Gasteiger partial charge in [-0.3, -0.25) is 0 Å². The molecule has 0 amide bonds. The Labute approximate surface area is 159 Å². The largest absolute Gasteiger partial charge is 0.323 e. The molecular formula is C18H14Cl2N6. The molecule has 0 saturated carbocycles. The van der Waals surface area contributed by atoms with Crippen molar-refractivity contribution in [1.82, 2.24) is 19.7 Å². The van der Waals surface area contributed by atoms with Gasteiger partial charge in [-0.25, -0.2) is 15.1 Å². The van der Waals surface area contributed by atoms with Crippen LogP contribution in [0.4, 0.5) is 5.95 Å². The van der Waals surface area contributed by atoms with E-state index in [1.54, 1.807) is 23.0 Å². The van der Waals surface area contributed by atoms with Crippen LogP contribution < -0.4 is 5.43 Å². The normalized spacial score (nSPS) is 11.5. The zero-order chi connectivity index (χ0) is 18.1. The fourth-order valence-electron chi connectivity index (χ4n) is 2.60. The third kappa shape index (κ3) is 3.16. The molecule has 0 saturated heterocycles. The maximum absolute atomic E-state index is 6.48. The molecule has 0 aliphatic heterocycles. The highest BCUT2D eigenvalue weighted by atomic mass is 35.5. The van der Waals surface area contributed by atoms with E-state index in [0.717, 1.165) is 28.0 Å². The van der Waals surface area contributed by atoms with Crippen LogP contribution in [0.5, 0.6) is 0 Å². The summed E-state index contributed by atoms with van der Waals surface area (Å²) in [5, 5.41) is 9.76. The van der Waals surface area contributed by atoms with Crippen molar-refractivity contribution in [3.8, 4) is 5.69 Å². The van der Waals surface area contributed by atoms with E-state index in [4.69, 9.17) is 23.2 Å². The van der Waals surface area contributed by atoms with Crippen LogP contribution in [-0.4, -0.2) is 26.0 Å². The van der Waals surface area contributed by atoms with Gasteiger partial charge in [-0.1, -0.05) is 41.4 Å². The van der Waals surface area contributed by atoms with Gasteiger partial charge >= 0.3 is 0 Å². The van der Waals surface area contributed by atoms with Crippen molar-refractivity contribution in [2.24, 2.45) is 5.10 Å². The van der Waals surface area contributed by atoms with Gasteiger partial charge in [0.15, 0.2) is 0 Å². The maximum Gasteiger partial charge on any atom is 0.222 e. The van der Waals surface area contributed by atoms with Gasteiger partial charge in [0.1, 0.15) is 5.15 Å². The number of rotatable bonds is 4. The standard InChI is InChI=1S/C18H14Cl2N6/c1-11-14(17(20)26(25-11)13-6-4-5-12(19)9-13)10-21-24-18-22-15-7-2-3-8-16(15)23-18/h2-10H,1H3,(H2,22,23,24). The van der Waals surface area contributed by atoms with E-state index in [1.807, 2.05) is 43.3 Å². The summed E-state index contributed by atoms with van der Waals surface area (Å²) >= 11 is 12.5. The molecule has 2 aromatic heterocycles. The molecule has 0 bridgehead atoms. The Hall–Kier alpha value is -2.83. The van der Waals surface area contributed by atoms with E-state index in [2.05, 4.69) is 25.6 Å². The average molecular weight is 385 g/mol. The predicted octanol–water partition coefficient (Wildman–Crippen LogP) is 4.81. The van der Waals surface area contributed by atoms with Crippen LogP contribution in [0, 0.1) is 6.92 Å². The first-order valence-electron chi connectivity index (χ1n) is 7.87. The van der Waals surface area contributed by atoms with Crippen molar-refractivity contribution < 1.29 is 0 Å². The van der Waals surface area contributed by atoms with Gasteiger partial charge in [-0.2, -0.15) is 10.2 Å². The van der Waals surface area contributed by atoms with Gasteiger partial charge in [0.2, 0.25) is 5.95 Å². The van der Waals surface area contributed by atoms with Crippen molar-refractivity contribution in [1.29, 1.82) is 0 Å². The highest BCUT2D eigenvalue weighted by Gasteiger charge is 2.13. The molecule has 130 valence electrons. The molecule has 0 radical (unpaired) electrons. The number of hydrogen-bond acceptors (Lipinski definition) is 4. The fourth-order valence-corrected chi connectivity index (χ4v) is 3.11. The molecule has 0 fully saturated rings. The number of para-hydroxylation sites is 2. The van der Waals surface area contributed by atoms with Crippen LogP contribution in [-0.2, 0) is 0 Å². The first-order valence-corrected chi connectivity index (χ1v) is 8.62. The van der Waals surface area contributed by atoms with E-state index in [-0.39, 0.29) is 0 Å².